The molecule has 2 saturated heterocycles. The van der Waals surface area contributed by atoms with Gasteiger partial charge in [0.1, 0.15) is 0 Å². The van der Waals surface area contributed by atoms with Gasteiger partial charge in [-0.3, -0.25) is 9.69 Å². The second-order valence-corrected chi connectivity index (χ2v) is 8.77. The van der Waals surface area contributed by atoms with Gasteiger partial charge in [0.2, 0.25) is 5.91 Å². The number of anilines is 1. The van der Waals surface area contributed by atoms with Crippen LogP contribution in [0.1, 0.15) is 24.1 Å². The fourth-order valence-electron chi connectivity index (χ4n) is 4.28. The third-order valence-corrected chi connectivity index (χ3v) is 6.62. The van der Waals surface area contributed by atoms with Gasteiger partial charge in [0.05, 0.1) is 23.9 Å². The van der Waals surface area contributed by atoms with Crippen molar-refractivity contribution in [1.29, 1.82) is 0 Å². The van der Waals surface area contributed by atoms with Crippen molar-refractivity contribution < 1.29 is 14.3 Å². The van der Waals surface area contributed by atoms with Crippen LogP contribution in [-0.4, -0.2) is 60.8 Å². The van der Waals surface area contributed by atoms with Gasteiger partial charge in [-0.1, -0.05) is 30.3 Å². The molecular formula is C21H27N3O3S. The molecule has 1 spiro atoms. The zero-order valence-electron chi connectivity index (χ0n) is 16.4. The van der Waals surface area contributed by atoms with Gasteiger partial charge in [-0.05, 0) is 26.2 Å². The first-order valence-electron chi connectivity index (χ1n) is 9.81. The maximum absolute atomic E-state index is 12.6. The van der Waals surface area contributed by atoms with E-state index in [4.69, 9.17) is 9.47 Å². The Bertz CT molecular complexity index is 818. The van der Waals surface area contributed by atoms with Gasteiger partial charge < -0.3 is 14.8 Å². The Labute approximate surface area is 169 Å². The molecule has 2 aromatic rings. The van der Waals surface area contributed by atoms with Gasteiger partial charge in [0.25, 0.3) is 0 Å². The molecule has 1 amide bonds. The number of methoxy groups -OCH3 is 1. The Kier molecular flexibility index (Phi) is 5.78. The first kappa shape index (κ1) is 19.5. The van der Waals surface area contributed by atoms with Crippen LogP contribution in [0.5, 0.6) is 0 Å². The van der Waals surface area contributed by atoms with Crippen molar-refractivity contribution in [2.75, 3.05) is 38.7 Å². The molecule has 0 bridgehead atoms. The maximum Gasteiger partial charge on any atom is 0.240 e. The normalized spacial score (nSPS) is 25.3. The second kappa shape index (κ2) is 8.29. The Hall–Kier alpha value is -1.80. The molecule has 2 fully saturated rings. The monoisotopic (exact) mass is 401 g/mol. The predicted octanol–water partition coefficient (Wildman–Crippen LogP) is 3.33. The number of likely N-dealkylation sites (tertiary alicyclic amines) is 1. The summed E-state index contributed by atoms with van der Waals surface area (Å²) in [5.41, 5.74) is 1.84. The Balaban J connectivity index is 1.36. The summed E-state index contributed by atoms with van der Waals surface area (Å²) in [5, 5.41) is 3.62. The number of benzene rings is 1. The summed E-state index contributed by atoms with van der Waals surface area (Å²) in [5.74, 6) is -0.0356. The number of piperidine rings is 1. The first-order valence-corrected chi connectivity index (χ1v) is 10.6. The summed E-state index contributed by atoms with van der Waals surface area (Å²) in [6.45, 7) is 4.75. The van der Waals surface area contributed by atoms with Crippen LogP contribution in [0, 0.1) is 6.92 Å². The molecular weight excluding hydrogens is 374 g/mol. The summed E-state index contributed by atoms with van der Waals surface area (Å²) in [7, 11) is 1.74. The molecule has 3 heterocycles. The first-order chi connectivity index (χ1) is 13.6. The summed E-state index contributed by atoms with van der Waals surface area (Å²) in [6.07, 6.45) is 3.07. The number of hydrogen-bond acceptors (Lipinski definition) is 6. The summed E-state index contributed by atoms with van der Waals surface area (Å²) >= 11 is 1.51. The second-order valence-electron chi connectivity index (χ2n) is 7.56. The quantitative estimate of drug-likeness (QED) is 0.833. The Morgan fingerprint density at radius 3 is 2.93 bits per heavy atom. The zero-order chi connectivity index (χ0) is 19.6. The van der Waals surface area contributed by atoms with Gasteiger partial charge >= 0.3 is 0 Å². The number of ether oxygens (including phenoxy) is 2. The van der Waals surface area contributed by atoms with Crippen LogP contribution in [0.4, 0.5) is 5.13 Å². The molecule has 2 unspecified atom stereocenters. The van der Waals surface area contributed by atoms with Crippen molar-refractivity contribution in [2.45, 2.75) is 37.9 Å². The standard InChI is InChI=1S/C21H27N3O3S/c1-15-19(16-7-4-3-5-8-16)23-20(28-15)22-18(25)14-24-11-10-21(9-6-12-27-21)17(13-24)26-2/h3-5,7-8,17H,6,9-14H2,1-2H3,(H,22,23,25). The molecule has 1 N–H and O–H groups in total. The summed E-state index contributed by atoms with van der Waals surface area (Å²) in [4.78, 5) is 20.5. The Morgan fingerprint density at radius 1 is 1.39 bits per heavy atom. The van der Waals surface area contributed by atoms with E-state index < -0.39 is 0 Å². The number of thiazole rings is 1. The van der Waals surface area contributed by atoms with Crippen LogP contribution >= 0.6 is 11.3 Å². The van der Waals surface area contributed by atoms with Gasteiger partial charge in [-0.25, -0.2) is 4.98 Å². The molecule has 2 atom stereocenters. The average molecular weight is 402 g/mol. The number of hydrogen-bond donors (Lipinski definition) is 1. The number of carbonyl (C=O) groups is 1. The lowest BCUT2D eigenvalue weighted by Crippen LogP contribution is -2.57. The van der Waals surface area contributed by atoms with Crippen LogP contribution < -0.4 is 5.32 Å². The lowest BCUT2D eigenvalue weighted by atomic mass is 9.86. The van der Waals surface area contributed by atoms with Crippen molar-refractivity contribution in [3.63, 3.8) is 0 Å². The van der Waals surface area contributed by atoms with E-state index >= 15 is 0 Å². The molecule has 1 aromatic heterocycles. The lowest BCUT2D eigenvalue weighted by Gasteiger charge is -2.44. The Morgan fingerprint density at radius 2 is 2.21 bits per heavy atom. The molecule has 2 aliphatic rings. The number of nitrogens with zero attached hydrogens (tertiary/aromatic N) is 2. The fourth-order valence-corrected chi connectivity index (χ4v) is 5.13. The van der Waals surface area contributed by atoms with E-state index in [1.165, 1.54) is 11.3 Å². The molecule has 28 heavy (non-hydrogen) atoms. The van der Waals surface area contributed by atoms with E-state index in [1.54, 1.807) is 7.11 Å². The fraction of sp³-hybridized carbons (Fsp3) is 0.524. The van der Waals surface area contributed by atoms with Crippen LogP contribution in [0.2, 0.25) is 0 Å². The van der Waals surface area contributed by atoms with Crippen molar-refractivity contribution in [3.05, 3.63) is 35.2 Å². The number of rotatable bonds is 5. The number of carbonyl (C=O) groups excluding carboxylic acids is 1. The van der Waals surface area contributed by atoms with E-state index in [9.17, 15) is 4.79 Å². The number of nitrogens with one attached hydrogen (secondary N) is 1. The van der Waals surface area contributed by atoms with Gasteiger partial charge in [-0.2, -0.15) is 0 Å². The van der Waals surface area contributed by atoms with Crippen molar-refractivity contribution in [2.24, 2.45) is 0 Å². The highest BCUT2D eigenvalue weighted by Gasteiger charge is 2.46. The topological polar surface area (TPSA) is 63.7 Å². The number of aromatic nitrogens is 1. The number of amides is 1. The summed E-state index contributed by atoms with van der Waals surface area (Å²) < 4.78 is 11.7. The highest BCUT2D eigenvalue weighted by molar-refractivity contribution is 7.16. The molecule has 4 rings (SSSR count). The van der Waals surface area contributed by atoms with Crippen LogP contribution in [-0.2, 0) is 14.3 Å². The molecule has 0 saturated carbocycles. The largest absolute Gasteiger partial charge is 0.377 e. The summed E-state index contributed by atoms with van der Waals surface area (Å²) in [6, 6.07) is 10.0. The van der Waals surface area contributed by atoms with E-state index in [2.05, 4.69) is 15.2 Å². The van der Waals surface area contributed by atoms with Gasteiger partial charge in [-0.15, -0.1) is 11.3 Å². The van der Waals surface area contributed by atoms with Crippen LogP contribution in [0.25, 0.3) is 11.3 Å². The zero-order valence-corrected chi connectivity index (χ0v) is 17.3. The van der Waals surface area contributed by atoms with E-state index in [0.29, 0.717) is 11.7 Å². The van der Waals surface area contributed by atoms with Crippen molar-refractivity contribution >= 4 is 22.4 Å². The maximum atomic E-state index is 12.6. The molecule has 150 valence electrons. The SMILES string of the molecule is COC1CN(CC(=O)Nc2nc(-c3ccccc3)c(C)s2)CCC12CCCO2. The third kappa shape index (κ3) is 3.98. The molecule has 0 radical (unpaired) electrons. The van der Waals surface area contributed by atoms with E-state index in [-0.39, 0.29) is 17.6 Å². The molecule has 2 aliphatic heterocycles. The average Bonchev–Trinajstić information content (AvgIpc) is 3.31. The van der Waals surface area contributed by atoms with Crippen LogP contribution in [0.15, 0.2) is 30.3 Å². The lowest BCUT2D eigenvalue weighted by molar-refractivity contribution is -0.145. The molecule has 6 nitrogen and oxygen atoms in total. The van der Waals surface area contributed by atoms with E-state index in [0.717, 1.165) is 55.1 Å². The van der Waals surface area contributed by atoms with Gasteiger partial charge in [0, 0.05) is 37.2 Å². The van der Waals surface area contributed by atoms with E-state index in [1.807, 2.05) is 37.3 Å². The minimum absolute atomic E-state index is 0.0170. The van der Waals surface area contributed by atoms with Crippen LogP contribution in [0.3, 0.4) is 0 Å². The molecule has 0 aliphatic carbocycles. The number of aryl methyl sites for hydroxylation is 1. The smallest absolute Gasteiger partial charge is 0.240 e. The third-order valence-electron chi connectivity index (χ3n) is 5.74. The van der Waals surface area contributed by atoms with Crippen molar-refractivity contribution in [1.82, 2.24) is 9.88 Å². The highest BCUT2D eigenvalue weighted by atomic mass is 32.1. The minimum atomic E-state index is -0.154. The minimum Gasteiger partial charge on any atom is -0.377 e. The highest BCUT2D eigenvalue weighted by Crippen LogP contribution is 2.37. The molecule has 7 heteroatoms. The molecule has 1 aromatic carbocycles. The predicted molar refractivity (Wildman–Crippen MR) is 111 cm³/mol. The van der Waals surface area contributed by atoms with Crippen molar-refractivity contribution in [3.8, 4) is 11.3 Å². The van der Waals surface area contributed by atoms with Gasteiger partial charge in [0.15, 0.2) is 5.13 Å².